The third kappa shape index (κ3) is 2.22. The summed E-state index contributed by atoms with van der Waals surface area (Å²) in [4.78, 5) is 13.5. The van der Waals surface area contributed by atoms with E-state index in [-0.39, 0.29) is 5.91 Å². The Bertz CT molecular complexity index is 544. The number of benzene rings is 1. The van der Waals surface area contributed by atoms with Crippen LogP contribution >= 0.6 is 0 Å². The monoisotopic (exact) mass is 245 g/mol. The molecule has 1 amide bonds. The van der Waals surface area contributed by atoms with Gasteiger partial charge in [0.15, 0.2) is 0 Å². The first-order chi connectivity index (χ1) is 8.63. The van der Waals surface area contributed by atoms with Crippen LogP contribution in [-0.4, -0.2) is 32.0 Å². The van der Waals surface area contributed by atoms with E-state index in [0.717, 1.165) is 5.56 Å². The maximum atomic E-state index is 11.9. The molecule has 1 heterocycles. The van der Waals surface area contributed by atoms with Crippen molar-refractivity contribution in [3.05, 3.63) is 42.2 Å². The molecular weight excluding hydrogens is 230 g/mol. The van der Waals surface area contributed by atoms with Crippen LogP contribution in [0.1, 0.15) is 10.4 Å². The van der Waals surface area contributed by atoms with Crippen LogP contribution in [0.15, 0.2) is 41.0 Å². The number of methoxy groups -OCH3 is 1. The summed E-state index contributed by atoms with van der Waals surface area (Å²) in [7, 11) is 5.04. The summed E-state index contributed by atoms with van der Waals surface area (Å²) >= 11 is 0. The van der Waals surface area contributed by atoms with E-state index in [1.807, 2.05) is 6.07 Å². The highest BCUT2D eigenvalue weighted by Gasteiger charge is 2.14. The molecule has 0 bridgehead atoms. The lowest BCUT2D eigenvalue weighted by Gasteiger charge is -2.12. The van der Waals surface area contributed by atoms with Gasteiger partial charge < -0.3 is 14.1 Å². The predicted octanol–water partition coefficient (Wildman–Crippen LogP) is 2.66. The predicted molar refractivity (Wildman–Crippen MR) is 68.7 cm³/mol. The fourth-order valence-corrected chi connectivity index (χ4v) is 1.72. The average Bonchev–Trinajstić information content (AvgIpc) is 2.90. The van der Waals surface area contributed by atoms with Gasteiger partial charge >= 0.3 is 0 Å². The van der Waals surface area contributed by atoms with Gasteiger partial charge in [0, 0.05) is 19.7 Å². The molecule has 2 aromatic rings. The van der Waals surface area contributed by atoms with E-state index >= 15 is 0 Å². The number of hydrogen-bond donors (Lipinski definition) is 0. The summed E-state index contributed by atoms with van der Waals surface area (Å²) in [5, 5.41) is 0. The molecule has 94 valence electrons. The van der Waals surface area contributed by atoms with E-state index < -0.39 is 0 Å². The maximum absolute atomic E-state index is 11.9. The summed E-state index contributed by atoms with van der Waals surface area (Å²) in [6.45, 7) is 0. The van der Waals surface area contributed by atoms with Crippen LogP contribution in [0.3, 0.4) is 0 Å². The van der Waals surface area contributed by atoms with E-state index in [4.69, 9.17) is 9.15 Å². The molecule has 1 aromatic heterocycles. The fraction of sp³-hybridized carbons (Fsp3) is 0.214. The molecule has 0 saturated carbocycles. The normalized spacial score (nSPS) is 10.2. The standard InChI is InChI=1S/C14H15NO3/c1-15(2)14(16)10-6-7-12(17-3)11(9-10)13-5-4-8-18-13/h4-9H,1-3H3. The number of amides is 1. The van der Waals surface area contributed by atoms with Crippen LogP contribution in [0.4, 0.5) is 0 Å². The van der Waals surface area contributed by atoms with Gasteiger partial charge in [0.05, 0.1) is 18.9 Å². The van der Waals surface area contributed by atoms with Gasteiger partial charge in [-0.25, -0.2) is 0 Å². The highest BCUT2D eigenvalue weighted by Crippen LogP contribution is 2.31. The Kier molecular flexibility index (Phi) is 3.37. The molecule has 18 heavy (non-hydrogen) atoms. The fourth-order valence-electron chi connectivity index (χ4n) is 1.72. The van der Waals surface area contributed by atoms with E-state index in [2.05, 4.69) is 0 Å². The van der Waals surface area contributed by atoms with Gasteiger partial charge in [0.2, 0.25) is 0 Å². The Morgan fingerprint density at radius 2 is 2.06 bits per heavy atom. The SMILES string of the molecule is COc1ccc(C(=O)N(C)C)cc1-c1ccco1. The maximum Gasteiger partial charge on any atom is 0.253 e. The lowest BCUT2D eigenvalue weighted by Crippen LogP contribution is -2.21. The summed E-state index contributed by atoms with van der Waals surface area (Å²) in [6.07, 6.45) is 1.59. The number of rotatable bonds is 3. The van der Waals surface area contributed by atoms with E-state index in [1.165, 1.54) is 4.90 Å². The highest BCUT2D eigenvalue weighted by atomic mass is 16.5. The first-order valence-electron chi connectivity index (χ1n) is 5.57. The van der Waals surface area contributed by atoms with Gasteiger partial charge in [-0.05, 0) is 30.3 Å². The molecule has 0 aliphatic rings. The van der Waals surface area contributed by atoms with Crippen LogP contribution in [0.2, 0.25) is 0 Å². The minimum atomic E-state index is -0.0505. The van der Waals surface area contributed by atoms with Crippen molar-refractivity contribution in [3.8, 4) is 17.1 Å². The first kappa shape index (κ1) is 12.2. The molecule has 0 saturated heterocycles. The first-order valence-corrected chi connectivity index (χ1v) is 5.57. The summed E-state index contributed by atoms with van der Waals surface area (Å²) in [5.74, 6) is 1.31. The Morgan fingerprint density at radius 1 is 1.28 bits per heavy atom. The molecule has 0 spiro atoms. The van der Waals surface area contributed by atoms with Crippen LogP contribution in [0, 0.1) is 0 Å². The topological polar surface area (TPSA) is 42.7 Å². The van der Waals surface area contributed by atoms with E-state index in [9.17, 15) is 4.79 Å². The summed E-state index contributed by atoms with van der Waals surface area (Å²) in [5.41, 5.74) is 1.38. The molecule has 0 N–H and O–H groups in total. The minimum absolute atomic E-state index is 0.0505. The van der Waals surface area contributed by atoms with E-state index in [0.29, 0.717) is 17.1 Å². The number of ether oxygens (including phenoxy) is 1. The third-order valence-electron chi connectivity index (χ3n) is 2.64. The number of furan rings is 1. The lowest BCUT2D eigenvalue weighted by molar-refractivity contribution is 0.0827. The number of carbonyl (C=O) groups is 1. The van der Waals surface area contributed by atoms with Crippen molar-refractivity contribution >= 4 is 5.91 Å². The Balaban J connectivity index is 2.50. The van der Waals surface area contributed by atoms with Crippen molar-refractivity contribution in [1.82, 2.24) is 4.90 Å². The number of nitrogens with zero attached hydrogens (tertiary/aromatic N) is 1. The van der Waals surface area contributed by atoms with Gasteiger partial charge in [0.25, 0.3) is 5.91 Å². The van der Waals surface area contributed by atoms with E-state index in [1.54, 1.807) is 51.7 Å². The molecule has 0 radical (unpaired) electrons. The van der Waals surface area contributed by atoms with Crippen molar-refractivity contribution in [3.63, 3.8) is 0 Å². The van der Waals surface area contributed by atoms with Crippen LogP contribution < -0.4 is 4.74 Å². The zero-order valence-corrected chi connectivity index (χ0v) is 10.6. The largest absolute Gasteiger partial charge is 0.496 e. The van der Waals surface area contributed by atoms with Gasteiger partial charge in [-0.2, -0.15) is 0 Å². The van der Waals surface area contributed by atoms with Crippen molar-refractivity contribution < 1.29 is 13.9 Å². The zero-order valence-electron chi connectivity index (χ0n) is 10.6. The average molecular weight is 245 g/mol. The Morgan fingerprint density at radius 3 is 2.61 bits per heavy atom. The van der Waals surface area contributed by atoms with Crippen LogP contribution in [0.25, 0.3) is 11.3 Å². The molecule has 1 aromatic carbocycles. The smallest absolute Gasteiger partial charge is 0.253 e. The molecule has 4 heteroatoms. The second-order valence-corrected chi connectivity index (χ2v) is 4.09. The zero-order chi connectivity index (χ0) is 13.1. The van der Waals surface area contributed by atoms with Gasteiger partial charge in [-0.1, -0.05) is 0 Å². The minimum Gasteiger partial charge on any atom is -0.496 e. The molecule has 4 nitrogen and oxygen atoms in total. The second-order valence-electron chi connectivity index (χ2n) is 4.09. The van der Waals surface area contributed by atoms with Gasteiger partial charge in [0.1, 0.15) is 11.5 Å². The van der Waals surface area contributed by atoms with Crippen LogP contribution in [0.5, 0.6) is 5.75 Å². The van der Waals surface area contributed by atoms with Crippen molar-refractivity contribution in [2.45, 2.75) is 0 Å². The summed E-state index contributed by atoms with van der Waals surface area (Å²) in [6, 6.07) is 8.93. The second kappa shape index (κ2) is 4.96. The van der Waals surface area contributed by atoms with Crippen molar-refractivity contribution in [2.75, 3.05) is 21.2 Å². The number of hydrogen-bond acceptors (Lipinski definition) is 3. The lowest BCUT2D eigenvalue weighted by atomic mass is 10.1. The van der Waals surface area contributed by atoms with Gasteiger partial charge in [-0.15, -0.1) is 0 Å². The molecule has 0 fully saturated rings. The number of carbonyl (C=O) groups excluding carboxylic acids is 1. The molecular formula is C14H15NO3. The Labute approximate surface area is 106 Å². The third-order valence-corrected chi connectivity index (χ3v) is 2.64. The van der Waals surface area contributed by atoms with Gasteiger partial charge in [-0.3, -0.25) is 4.79 Å². The Hall–Kier alpha value is -2.23. The molecule has 0 unspecified atom stereocenters. The quantitative estimate of drug-likeness (QED) is 0.834. The van der Waals surface area contributed by atoms with Crippen molar-refractivity contribution in [2.24, 2.45) is 0 Å². The van der Waals surface area contributed by atoms with Crippen LogP contribution in [-0.2, 0) is 0 Å². The molecule has 0 atom stereocenters. The molecule has 2 rings (SSSR count). The highest BCUT2D eigenvalue weighted by molar-refractivity contribution is 5.95. The molecule has 0 aliphatic carbocycles. The van der Waals surface area contributed by atoms with Crippen molar-refractivity contribution in [1.29, 1.82) is 0 Å². The summed E-state index contributed by atoms with van der Waals surface area (Å²) < 4.78 is 10.6. The molecule has 0 aliphatic heterocycles.